The maximum absolute atomic E-state index is 4.24. The summed E-state index contributed by atoms with van der Waals surface area (Å²) in [6.45, 7) is 18.9. The molecular weight excluding hydrogens is 182 g/mol. The van der Waals surface area contributed by atoms with Crippen LogP contribution in [0.15, 0.2) is 12.3 Å². The van der Waals surface area contributed by atoms with Gasteiger partial charge in [0, 0.05) is 18.3 Å². The van der Waals surface area contributed by atoms with Gasteiger partial charge in [-0.2, -0.15) is 0 Å². The standard InChI is InChI=1S/C14H29N/c1-8-10-14(12(5)6)15(9-2)13(7)11(3)4/h11-12,14H,7-10H2,1-6H3. The third-order valence-electron chi connectivity index (χ3n) is 3.13. The van der Waals surface area contributed by atoms with Crippen LogP contribution in [0, 0.1) is 11.8 Å². The third-order valence-corrected chi connectivity index (χ3v) is 3.13. The Morgan fingerprint density at radius 3 is 1.93 bits per heavy atom. The summed E-state index contributed by atoms with van der Waals surface area (Å²) in [4.78, 5) is 2.50. The lowest BCUT2D eigenvalue weighted by Crippen LogP contribution is -2.39. The van der Waals surface area contributed by atoms with Gasteiger partial charge in [-0.3, -0.25) is 0 Å². The van der Waals surface area contributed by atoms with Crippen molar-refractivity contribution in [2.75, 3.05) is 6.54 Å². The summed E-state index contributed by atoms with van der Waals surface area (Å²) in [6.07, 6.45) is 2.53. The molecule has 0 aliphatic carbocycles. The van der Waals surface area contributed by atoms with Gasteiger partial charge in [0.15, 0.2) is 0 Å². The van der Waals surface area contributed by atoms with E-state index in [1.165, 1.54) is 18.5 Å². The molecule has 1 unspecified atom stereocenters. The molecule has 0 amide bonds. The summed E-state index contributed by atoms with van der Waals surface area (Å²) in [7, 11) is 0. The van der Waals surface area contributed by atoms with Crippen molar-refractivity contribution in [1.29, 1.82) is 0 Å². The maximum atomic E-state index is 4.24. The van der Waals surface area contributed by atoms with Crippen molar-refractivity contribution >= 4 is 0 Å². The van der Waals surface area contributed by atoms with Crippen molar-refractivity contribution in [3.63, 3.8) is 0 Å². The van der Waals surface area contributed by atoms with Crippen LogP contribution in [0.25, 0.3) is 0 Å². The van der Waals surface area contributed by atoms with Crippen molar-refractivity contribution < 1.29 is 0 Å². The molecule has 0 spiro atoms. The Bertz CT molecular complexity index is 182. The van der Waals surface area contributed by atoms with Crippen LogP contribution in [0.4, 0.5) is 0 Å². The van der Waals surface area contributed by atoms with E-state index in [0.29, 0.717) is 17.9 Å². The monoisotopic (exact) mass is 211 g/mol. The van der Waals surface area contributed by atoms with Gasteiger partial charge in [-0.1, -0.05) is 47.6 Å². The normalized spacial score (nSPS) is 13.3. The quantitative estimate of drug-likeness (QED) is 0.607. The van der Waals surface area contributed by atoms with E-state index in [9.17, 15) is 0 Å². The number of rotatable bonds is 7. The highest BCUT2D eigenvalue weighted by atomic mass is 15.2. The molecule has 0 N–H and O–H groups in total. The van der Waals surface area contributed by atoms with E-state index >= 15 is 0 Å². The summed E-state index contributed by atoms with van der Waals surface area (Å²) in [5, 5.41) is 0. The Kier molecular flexibility index (Phi) is 6.71. The van der Waals surface area contributed by atoms with E-state index in [1.54, 1.807) is 0 Å². The Morgan fingerprint density at radius 2 is 1.67 bits per heavy atom. The fourth-order valence-corrected chi connectivity index (χ4v) is 2.13. The van der Waals surface area contributed by atoms with E-state index in [0.717, 1.165) is 6.54 Å². The molecule has 0 bridgehead atoms. The fourth-order valence-electron chi connectivity index (χ4n) is 2.13. The fraction of sp³-hybridized carbons (Fsp3) is 0.857. The van der Waals surface area contributed by atoms with E-state index in [4.69, 9.17) is 0 Å². The Hall–Kier alpha value is -0.460. The van der Waals surface area contributed by atoms with Crippen LogP contribution < -0.4 is 0 Å². The molecule has 0 saturated carbocycles. The molecule has 0 rings (SSSR count). The second kappa shape index (κ2) is 6.92. The molecule has 1 atom stereocenters. The Balaban J connectivity index is 4.65. The van der Waals surface area contributed by atoms with Crippen molar-refractivity contribution in [2.24, 2.45) is 11.8 Å². The van der Waals surface area contributed by atoms with E-state index in [2.05, 4.69) is 53.0 Å². The summed E-state index contributed by atoms with van der Waals surface area (Å²) < 4.78 is 0. The van der Waals surface area contributed by atoms with E-state index in [-0.39, 0.29) is 0 Å². The zero-order valence-corrected chi connectivity index (χ0v) is 11.5. The molecule has 0 aromatic heterocycles. The minimum atomic E-state index is 0.558. The molecule has 1 heteroatoms. The first-order valence-corrected chi connectivity index (χ1v) is 6.41. The first kappa shape index (κ1) is 14.5. The van der Waals surface area contributed by atoms with Gasteiger partial charge < -0.3 is 4.90 Å². The zero-order valence-electron chi connectivity index (χ0n) is 11.5. The van der Waals surface area contributed by atoms with Crippen molar-refractivity contribution in [3.8, 4) is 0 Å². The molecule has 0 radical (unpaired) electrons. The molecular formula is C14H29N. The molecule has 0 saturated heterocycles. The van der Waals surface area contributed by atoms with Crippen molar-refractivity contribution in [3.05, 3.63) is 12.3 Å². The van der Waals surface area contributed by atoms with Crippen LogP contribution in [0.1, 0.15) is 54.4 Å². The zero-order chi connectivity index (χ0) is 12.0. The molecule has 0 aliphatic heterocycles. The molecule has 1 nitrogen and oxygen atoms in total. The number of allylic oxidation sites excluding steroid dienone is 1. The highest BCUT2D eigenvalue weighted by Gasteiger charge is 2.21. The summed E-state index contributed by atoms with van der Waals surface area (Å²) in [6, 6.07) is 0.662. The SMILES string of the molecule is C=C(C(C)C)N(CC)C(CCC)C(C)C. The summed E-state index contributed by atoms with van der Waals surface area (Å²) in [5.41, 5.74) is 1.30. The van der Waals surface area contributed by atoms with Crippen LogP contribution in [-0.2, 0) is 0 Å². The minimum absolute atomic E-state index is 0.558. The lowest BCUT2D eigenvalue weighted by molar-refractivity contribution is 0.182. The highest BCUT2D eigenvalue weighted by Crippen LogP contribution is 2.23. The van der Waals surface area contributed by atoms with Gasteiger partial charge in [-0.05, 0) is 25.2 Å². The van der Waals surface area contributed by atoms with Gasteiger partial charge in [0.05, 0.1) is 0 Å². The molecule has 0 aliphatic rings. The maximum Gasteiger partial charge on any atom is 0.0309 e. The third kappa shape index (κ3) is 4.27. The van der Waals surface area contributed by atoms with Crippen molar-refractivity contribution in [2.45, 2.75) is 60.4 Å². The second-order valence-electron chi connectivity index (χ2n) is 5.03. The van der Waals surface area contributed by atoms with Crippen LogP contribution in [-0.4, -0.2) is 17.5 Å². The van der Waals surface area contributed by atoms with Crippen molar-refractivity contribution in [1.82, 2.24) is 4.90 Å². The predicted molar refractivity (Wildman–Crippen MR) is 69.9 cm³/mol. The number of nitrogens with zero attached hydrogens (tertiary/aromatic N) is 1. The van der Waals surface area contributed by atoms with Crippen LogP contribution >= 0.6 is 0 Å². The lowest BCUT2D eigenvalue weighted by atomic mass is 9.95. The van der Waals surface area contributed by atoms with E-state index in [1.807, 2.05) is 0 Å². The van der Waals surface area contributed by atoms with Gasteiger partial charge in [0.1, 0.15) is 0 Å². The highest BCUT2D eigenvalue weighted by molar-refractivity contribution is 5.00. The van der Waals surface area contributed by atoms with Gasteiger partial charge in [-0.15, -0.1) is 0 Å². The average molecular weight is 211 g/mol. The smallest absolute Gasteiger partial charge is 0.0309 e. The van der Waals surface area contributed by atoms with Gasteiger partial charge in [0.25, 0.3) is 0 Å². The van der Waals surface area contributed by atoms with Crippen LogP contribution in [0.5, 0.6) is 0 Å². The first-order valence-electron chi connectivity index (χ1n) is 6.41. The summed E-state index contributed by atoms with van der Waals surface area (Å²) in [5.74, 6) is 1.27. The first-order chi connectivity index (χ1) is 6.95. The topological polar surface area (TPSA) is 3.24 Å². The summed E-state index contributed by atoms with van der Waals surface area (Å²) >= 11 is 0. The van der Waals surface area contributed by atoms with Gasteiger partial charge in [-0.25, -0.2) is 0 Å². The molecule has 0 heterocycles. The Labute approximate surface area is 96.6 Å². The number of hydrogen-bond donors (Lipinski definition) is 0. The van der Waals surface area contributed by atoms with E-state index < -0.39 is 0 Å². The van der Waals surface area contributed by atoms with Gasteiger partial charge in [0.2, 0.25) is 0 Å². The molecule has 15 heavy (non-hydrogen) atoms. The second-order valence-corrected chi connectivity index (χ2v) is 5.03. The number of hydrogen-bond acceptors (Lipinski definition) is 1. The lowest BCUT2D eigenvalue weighted by Gasteiger charge is -2.38. The molecule has 0 aromatic carbocycles. The largest absolute Gasteiger partial charge is 0.372 e. The predicted octanol–water partition coefficient (Wildman–Crippen LogP) is 4.30. The average Bonchev–Trinajstić information content (AvgIpc) is 2.16. The van der Waals surface area contributed by atoms with Gasteiger partial charge >= 0.3 is 0 Å². The van der Waals surface area contributed by atoms with Crippen LogP contribution in [0.3, 0.4) is 0 Å². The molecule has 90 valence electrons. The Morgan fingerprint density at radius 1 is 1.13 bits per heavy atom. The van der Waals surface area contributed by atoms with Crippen LogP contribution in [0.2, 0.25) is 0 Å². The minimum Gasteiger partial charge on any atom is -0.372 e. The molecule has 0 fully saturated rings. The molecule has 0 aromatic rings.